The molecule has 4 rings (SSSR count). The lowest BCUT2D eigenvalue weighted by Gasteiger charge is -2.08. The Labute approximate surface area is 144 Å². The van der Waals surface area contributed by atoms with E-state index in [4.69, 9.17) is 10.00 Å². The van der Waals surface area contributed by atoms with Crippen LogP contribution in [0.2, 0.25) is 0 Å². The van der Waals surface area contributed by atoms with Crippen molar-refractivity contribution in [1.82, 2.24) is 20.3 Å². The maximum Gasteiger partial charge on any atom is 0.227 e. The van der Waals surface area contributed by atoms with Gasteiger partial charge in [-0.05, 0) is 24.6 Å². The van der Waals surface area contributed by atoms with Crippen molar-refractivity contribution >= 4 is 27.8 Å². The first-order valence-electron chi connectivity index (χ1n) is 8.25. The lowest BCUT2D eigenvalue weighted by Crippen LogP contribution is -2.30. The molecule has 2 aromatic heterocycles. The SMILES string of the molecule is N#Cc1ccc2ncc3[nH]c(CC(=O)NC[C@H]4CCOC4)nc3c2c1. The fourth-order valence-electron chi connectivity index (χ4n) is 3.08. The van der Waals surface area contributed by atoms with Gasteiger partial charge in [0.2, 0.25) is 5.91 Å². The average molecular weight is 335 g/mol. The second-order valence-corrected chi connectivity index (χ2v) is 6.26. The third-order valence-corrected chi connectivity index (χ3v) is 4.43. The number of benzene rings is 1. The number of ether oxygens (including phenoxy) is 1. The molecule has 7 heteroatoms. The first-order valence-corrected chi connectivity index (χ1v) is 8.25. The molecule has 3 heterocycles. The molecule has 1 fully saturated rings. The summed E-state index contributed by atoms with van der Waals surface area (Å²) in [6.45, 7) is 2.12. The number of hydrogen-bond donors (Lipinski definition) is 2. The maximum atomic E-state index is 12.1. The molecule has 1 aliphatic heterocycles. The van der Waals surface area contributed by atoms with E-state index >= 15 is 0 Å². The topological polar surface area (TPSA) is 104 Å². The monoisotopic (exact) mass is 335 g/mol. The van der Waals surface area contributed by atoms with Gasteiger partial charge in [0.05, 0.1) is 47.4 Å². The van der Waals surface area contributed by atoms with Crippen LogP contribution < -0.4 is 5.32 Å². The van der Waals surface area contributed by atoms with Crippen molar-refractivity contribution in [1.29, 1.82) is 5.26 Å². The molecule has 1 atom stereocenters. The number of H-pyrrole nitrogens is 1. The van der Waals surface area contributed by atoms with Crippen LogP contribution in [0.3, 0.4) is 0 Å². The standard InChI is InChI=1S/C18H17N5O2/c19-7-11-1-2-14-13(5-11)18-15(9-20-14)22-16(23-18)6-17(24)21-8-12-3-4-25-10-12/h1-2,5,9,12H,3-4,6,8,10H2,(H,21,24)(H,22,23)/t12-/m1/s1. The van der Waals surface area contributed by atoms with Crippen LogP contribution in [0.25, 0.3) is 21.9 Å². The number of carbonyl (C=O) groups is 1. The van der Waals surface area contributed by atoms with Crippen LogP contribution in [0, 0.1) is 17.2 Å². The van der Waals surface area contributed by atoms with Crippen molar-refractivity contribution in [3.63, 3.8) is 0 Å². The number of nitriles is 1. The van der Waals surface area contributed by atoms with Crippen LogP contribution in [0.15, 0.2) is 24.4 Å². The van der Waals surface area contributed by atoms with Gasteiger partial charge in [-0.25, -0.2) is 4.98 Å². The summed E-state index contributed by atoms with van der Waals surface area (Å²) in [4.78, 5) is 24.2. The number of carbonyl (C=O) groups excluding carboxylic acids is 1. The number of imidazole rings is 1. The summed E-state index contributed by atoms with van der Waals surface area (Å²) in [5, 5.41) is 12.8. The molecule has 0 aliphatic carbocycles. The van der Waals surface area contributed by atoms with Crippen molar-refractivity contribution in [2.45, 2.75) is 12.8 Å². The number of amides is 1. The highest BCUT2D eigenvalue weighted by atomic mass is 16.5. The molecule has 126 valence electrons. The van der Waals surface area contributed by atoms with Gasteiger partial charge >= 0.3 is 0 Å². The smallest absolute Gasteiger partial charge is 0.227 e. The average Bonchev–Trinajstić information content (AvgIpc) is 3.28. The number of nitrogens with zero attached hydrogens (tertiary/aromatic N) is 3. The Morgan fingerprint density at radius 2 is 2.40 bits per heavy atom. The molecule has 1 saturated heterocycles. The number of rotatable bonds is 4. The molecule has 0 radical (unpaired) electrons. The van der Waals surface area contributed by atoms with Gasteiger partial charge in [-0.15, -0.1) is 0 Å². The second-order valence-electron chi connectivity index (χ2n) is 6.26. The molecule has 2 N–H and O–H groups in total. The van der Waals surface area contributed by atoms with Gasteiger partial charge < -0.3 is 15.0 Å². The Morgan fingerprint density at radius 1 is 1.48 bits per heavy atom. The molecule has 1 amide bonds. The van der Waals surface area contributed by atoms with E-state index in [1.165, 1.54) is 0 Å². The van der Waals surface area contributed by atoms with Crippen LogP contribution in [0.4, 0.5) is 0 Å². The Kier molecular flexibility index (Phi) is 4.04. The lowest BCUT2D eigenvalue weighted by atomic mass is 10.1. The molecule has 1 aromatic carbocycles. The highest BCUT2D eigenvalue weighted by Crippen LogP contribution is 2.23. The molecule has 0 spiro atoms. The van der Waals surface area contributed by atoms with Crippen LogP contribution in [0.1, 0.15) is 17.8 Å². The summed E-state index contributed by atoms with van der Waals surface area (Å²) in [7, 11) is 0. The first-order chi connectivity index (χ1) is 12.2. The van der Waals surface area contributed by atoms with Gasteiger partial charge in [0.15, 0.2) is 0 Å². The summed E-state index contributed by atoms with van der Waals surface area (Å²) in [6, 6.07) is 7.43. The lowest BCUT2D eigenvalue weighted by molar-refractivity contribution is -0.120. The summed E-state index contributed by atoms with van der Waals surface area (Å²) in [5.74, 6) is 0.921. The normalized spacial score (nSPS) is 17.0. The fraction of sp³-hybridized carbons (Fsp3) is 0.333. The van der Waals surface area contributed by atoms with E-state index in [-0.39, 0.29) is 12.3 Å². The van der Waals surface area contributed by atoms with Crippen LogP contribution in [-0.2, 0) is 16.0 Å². The summed E-state index contributed by atoms with van der Waals surface area (Å²) < 4.78 is 5.31. The molecule has 0 saturated carbocycles. The van der Waals surface area contributed by atoms with Gasteiger partial charge in [-0.3, -0.25) is 9.78 Å². The molecule has 0 bridgehead atoms. The summed E-state index contributed by atoms with van der Waals surface area (Å²) in [5.41, 5.74) is 2.82. The molecular formula is C18H17N5O2. The second kappa shape index (κ2) is 6.49. The highest BCUT2D eigenvalue weighted by molar-refractivity contribution is 6.02. The minimum atomic E-state index is -0.0686. The Hall–Kier alpha value is -2.98. The Balaban J connectivity index is 1.55. The number of aromatic amines is 1. The number of fused-ring (bicyclic) bond motifs is 3. The molecule has 7 nitrogen and oxygen atoms in total. The van der Waals surface area contributed by atoms with Gasteiger partial charge in [-0.1, -0.05) is 0 Å². The van der Waals surface area contributed by atoms with Crippen LogP contribution >= 0.6 is 0 Å². The molecule has 0 unspecified atom stereocenters. The van der Waals surface area contributed by atoms with Crippen molar-refractivity contribution in [3.8, 4) is 6.07 Å². The van der Waals surface area contributed by atoms with Gasteiger partial charge in [0.1, 0.15) is 5.82 Å². The number of hydrogen-bond acceptors (Lipinski definition) is 5. The van der Waals surface area contributed by atoms with E-state index < -0.39 is 0 Å². The Morgan fingerprint density at radius 3 is 3.20 bits per heavy atom. The van der Waals surface area contributed by atoms with Crippen LogP contribution in [-0.4, -0.2) is 40.6 Å². The molecular weight excluding hydrogens is 318 g/mol. The third-order valence-electron chi connectivity index (χ3n) is 4.43. The first kappa shape index (κ1) is 15.5. The number of nitrogens with one attached hydrogen (secondary N) is 2. The quantitative estimate of drug-likeness (QED) is 0.755. The van der Waals surface area contributed by atoms with Crippen molar-refractivity contribution in [3.05, 3.63) is 35.8 Å². The maximum absolute atomic E-state index is 12.1. The van der Waals surface area contributed by atoms with Crippen LogP contribution in [0.5, 0.6) is 0 Å². The molecule has 25 heavy (non-hydrogen) atoms. The zero-order chi connectivity index (χ0) is 17.2. The fourth-order valence-corrected chi connectivity index (χ4v) is 3.08. The largest absolute Gasteiger partial charge is 0.381 e. The highest BCUT2D eigenvalue weighted by Gasteiger charge is 2.17. The molecule has 1 aliphatic rings. The predicted octanol–water partition coefficient (Wildman–Crippen LogP) is 1.68. The minimum absolute atomic E-state index is 0.0686. The van der Waals surface area contributed by atoms with Crippen molar-refractivity contribution in [2.24, 2.45) is 5.92 Å². The van der Waals surface area contributed by atoms with Gasteiger partial charge in [-0.2, -0.15) is 5.26 Å². The van der Waals surface area contributed by atoms with Gasteiger partial charge in [0.25, 0.3) is 0 Å². The zero-order valence-corrected chi connectivity index (χ0v) is 13.6. The predicted molar refractivity (Wildman–Crippen MR) is 91.7 cm³/mol. The third kappa shape index (κ3) is 3.16. The molecule has 3 aromatic rings. The van der Waals surface area contributed by atoms with Crippen molar-refractivity contribution < 1.29 is 9.53 Å². The minimum Gasteiger partial charge on any atom is -0.381 e. The van der Waals surface area contributed by atoms with E-state index in [1.54, 1.807) is 24.4 Å². The van der Waals surface area contributed by atoms with E-state index in [2.05, 4.69) is 26.3 Å². The van der Waals surface area contributed by atoms with E-state index in [0.29, 0.717) is 30.5 Å². The van der Waals surface area contributed by atoms with Crippen molar-refractivity contribution in [2.75, 3.05) is 19.8 Å². The van der Waals surface area contributed by atoms with E-state index in [9.17, 15) is 4.79 Å². The summed E-state index contributed by atoms with van der Waals surface area (Å²) >= 11 is 0. The van der Waals surface area contributed by atoms with E-state index in [0.717, 1.165) is 35.0 Å². The summed E-state index contributed by atoms with van der Waals surface area (Å²) in [6.07, 6.45) is 2.87. The number of pyridine rings is 1. The van der Waals surface area contributed by atoms with E-state index in [1.807, 2.05) is 0 Å². The zero-order valence-electron chi connectivity index (χ0n) is 13.6. The number of aromatic nitrogens is 3. The Bertz CT molecular complexity index is 982. The van der Waals surface area contributed by atoms with Gasteiger partial charge in [0, 0.05) is 24.5 Å².